The molecule has 98 valence electrons. The second kappa shape index (κ2) is 3.95. The highest BCUT2D eigenvalue weighted by Crippen LogP contribution is 2.52. The fourth-order valence-corrected chi connectivity index (χ4v) is 4.10. The number of nitrogens with two attached hydrogens (primary N) is 1. The number of β-amino-alcohol motifs (C(OH)–C–C–N with tert-alkyl or cyclic N) is 1. The summed E-state index contributed by atoms with van der Waals surface area (Å²) in [6.07, 6.45) is 2.52. The average Bonchev–Trinajstić information content (AvgIpc) is 2.34. The Morgan fingerprint density at radius 2 is 2.12 bits per heavy atom. The molecule has 0 spiro atoms. The highest BCUT2D eigenvalue weighted by molar-refractivity contribution is 5.78. The summed E-state index contributed by atoms with van der Waals surface area (Å²) < 4.78 is 0. The second-order valence-electron chi connectivity index (χ2n) is 7.06. The van der Waals surface area contributed by atoms with Gasteiger partial charge in [0.1, 0.15) is 6.10 Å². The molecule has 3 atom stereocenters. The predicted octanol–water partition coefficient (Wildman–Crippen LogP) is 0.733. The molecule has 17 heavy (non-hydrogen) atoms. The van der Waals surface area contributed by atoms with Crippen LogP contribution in [0.4, 0.5) is 0 Å². The van der Waals surface area contributed by atoms with Crippen LogP contribution < -0.4 is 5.73 Å². The van der Waals surface area contributed by atoms with Gasteiger partial charge in [-0.05, 0) is 30.1 Å². The second-order valence-corrected chi connectivity index (χ2v) is 7.06. The molecule has 0 aromatic carbocycles. The van der Waals surface area contributed by atoms with Gasteiger partial charge in [0.2, 0.25) is 5.91 Å². The van der Waals surface area contributed by atoms with Crippen molar-refractivity contribution in [3.8, 4) is 0 Å². The maximum atomic E-state index is 10.9. The smallest absolute Gasteiger partial charge is 0.247 e. The largest absolute Gasteiger partial charge is 0.382 e. The zero-order valence-electron chi connectivity index (χ0n) is 11.1. The van der Waals surface area contributed by atoms with Gasteiger partial charge in [-0.3, -0.25) is 9.69 Å². The van der Waals surface area contributed by atoms with E-state index in [1.54, 1.807) is 0 Å². The standard InChI is InChI=1S/C13H24N2O2/c1-12(2)4-9-5-13(3,7-12)8-15(9)6-10(16)11(14)17/h9-10,16H,4-8H2,1-3H3,(H2,14,17)/t9-,10-,13-/m1/s1. The van der Waals surface area contributed by atoms with E-state index in [4.69, 9.17) is 5.73 Å². The molecule has 4 heteroatoms. The summed E-state index contributed by atoms with van der Waals surface area (Å²) in [5.74, 6) is -0.615. The van der Waals surface area contributed by atoms with Gasteiger partial charge >= 0.3 is 0 Å². The number of primary amides is 1. The van der Waals surface area contributed by atoms with Gasteiger partial charge in [-0.15, -0.1) is 0 Å². The van der Waals surface area contributed by atoms with Crippen molar-refractivity contribution in [2.75, 3.05) is 13.1 Å². The maximum Gasteiger partial charge on any atom is 0.247 e. The minimum atomic E-state index is -1.03. The van der Waals surface area contributed by atoms with Crippen molar-refractivity contribution in [2.45, 2.75) is 52.2 Å². The molecule has 1 amide bonds. The molecule has 1 aliphatic carbocycles. The van der Waals surface area contributed by atoms with Crippen LogP contribution in [0.25, 0.3) is 0 Å². The van der Waals surface area contributed by atoms with Gasteiger partial charge in [-0.1, -0.05) is 20.8 Å². The Bertz CT molecular complexity index is 329. The molecular weight excluding hydrogens is 216 g/mol. The summed E-state index contributed by atoms with van der Waals surface area (Å²) in [4.78, 5) is 13.2. The highest BCUT2D eigenvalue weighted by Gasteiger charge is 2.49. The van der Waals surface area contributed by atoms with Crippen LogP contribution in [-0.4, -0.2) is 41.1 Å². The number of hydrogen-bond donors (Lipinski definition) is 2. The van der Waals surface area contributed by atoms with E-state index in [0.717, 1.165) is 13.0 Å². The predicted molar refractivity (Wildman–Crippen MR) is 66.3 cm³/mol. The molecule has 1 heterocycles. The van der Waals surface area contributed by atoms with Crippen molar-refractivity contribution in [1.29, 1.82) is 0 Å². The number of carbonyl (C=O) groups is 1. The monoisotopic (exact) mass is 240 g/mol. The zero-order valence-corrected chi connectivity index (χ0v) is 11.1. The molecule has 2 fully saturated rings. The minimum absolute atomic E-state index is 0.337. The number of hydrogen-bond acceptors (Lipinski definition) is 3. The van der Waals surface area contributed by atoms with E-state index in [2.05, 4.69) is 25.7 Å². The van der Waals surface area contributed by atoms with Gasteiger partial charge < -0.3 is 10.8 Å². The van der Waals surface area contributed by atoms with Crippen molar-refractivity contribution in [3.05, 3.63) is 0 Å². The molecule has 1 aliphatic heterocycles. The fourth-order valence-electron chi connectivity index (χ4n) is 4.10. The summed E-state index contributed by atoms with van der Waals surface area (Å²) in [5.41, 5.74) is 5.82. The number of rotatable bonds is 3. The van der Waals surface area contributed by atoms with Crippen molar-refractivity contribution < 1.29 is 9.90 Å². The molecule has 0 radical (unpaired) electrons. The first-order valence-electron chi connectivity index (χ1n) is 6.42. The molecule has 0 unspecified atom stereocenters. The van der Waals surface area contributed by atoms with Crippen molar-refractivity contribution >= 4 is 5.91 Å². The summed E-state index contributed by atoms with van der Waals surface area (Å²) in [7, 11) is 0. The molecule has 0 aromatic rings. The normalized spacial score (nSPS) is 38.0. The molecule has 4 nitrogen and oxygen atoms in total. The van der Waals surface area contributed by atoms with Crippen LogP contribution in [0.5, 0.6) is 0 Å². The van der Waals surface area contributed by atoms with Crippen LogP contribution in [0.1, 0.15) is 40.0 Å². The quantitative estimate of drug-likeness (QED) is 0.764. The van der Waals surface area contributed by atoms with Crippen LogP contribution in [-0.2, 0) is 4.79 Å². The number of nitrogens with zero attached hydrogens (tertiary/aromatic N) is 1. The summed E-state index contributed by atoms with van der Waals surface area (Å²) >= 11 is 0. The van der Waals surface area contributed by atoms with Gasteiger partial charge in [-0.2, -0.15) is 0 Å². The number of likely N-dealkylation sites (tertiary alicyclic amines) is 1. The molecule has 2 aliphatic rings. The number of carbonyl (C=O) groups excluding carboxylic acids is 1. The first-order chi connectivity index (χ1) is 7.71. The van der Waals surface area contributed by atoms with E-state index >= 15 is 0 Å². The molecule has 2 rings (SSSR count). The Morgan fingerprint density at radius 1 is 1.47 bits per heavy atom. The Kier molecular flexibility index (Phi) is 2.99. The van der Waals surface area contributed by atoms with Gasteiger partial charge in [0.05, 0.1) is 0 Å². The number of fused-ring (bicyclic) bond motifs is 2. The van der Waals surface area contributed by atoms with E-state index < -0.39 is 12.0 Å². The van der Waals surface area contributed by atoms with Crippen molar-refractivity contribution in [1.82, 2.24) is 4.90 Å². The third-order valence-electron chi connectivity index (χ3n) is 4.26. The first kappa shape index (κ1) is 12.8. The van der Waals surface area contributed by atoms with Gasteiger partial charge in [0.15, 0.2) is 0 Å². The molecule has 3 N–H and O–H groups in total. The van der Waals surface area contributed by atoms with E-state index in [0.29, 0.717) is 23.4 Å². The van der Waals surface area contributed by atoms with Crippen molar-refractivity contribution in [2.24, 2.45) is 16.6 Å². The topological polar surface area (TPSA) is 66.6 Å². The van der Waals surface area contributed by atoms with E-state index in [1.165, 1.54) is 12.8 Å². The SMILES string of the molecule is CC1(C)C[C@@H]2C[C@@](C)(CN2C[C@@H](O)C(N)=O)C1. The Morgan fingerprint density at radius 3 is 2.71 bits per heavy atom. The summed E-state index contributed by atoms with van der Waals surface area (Å²) in [6.45, 7) is 8.31. The third kappa shape index (κ3) is 2.63. The lowest BCUT2D eigenvalue weighted by atomic mass is 9.65. The van der Waals surface area contributed by atoms with Crippen molar-refractivity contribution in [3.63, 3.8) is 0 Å². The summed E-state index contributed by atoms with van der Waals surface area (Å²) in [6, 6.07) is 0.498. The van der Waals surface area contributed by atoms with E-state index in [9.17, 15) is 9.90 Å². The molecule has 2 bridgehead atoms. The van der Waals surface area contributed by atoms with Crippen LogP contribution in [0.2, 0.25) is 0 Å². The molecule has 1 saturated heterocycles. The lowest BCUT2D eigenvalue weighted by Crippen LogP contribution is -2.43. The lowest BCUT2D eigenvalue weighted by molar-refractivity contribution is -0.127. The average molecular weight is 240 g/mol. The Labute approximate surface area is 103 Å². The minimum Gasteiger partial charge on any atom is -0.382 e. The molecule has 0 aromatic heterocycles. The van der Waals surface area contributed by atoms with Gasteiger partial charge in [0.25, 0.3) is 0 Å². The molecular formula is C13H24N2O2. The van der Waals surface area contributed by atoms with Crippen LogP contribution in [0, 0.1) is 10.8 Å². The lowest BCUT2D eigenvalue weighted by Gasteiger charge is -2.40. The highest BCUT2D eigenvalue weighted by atomic mass is 16.3. The van der Waals surface area contributed by atoms with Crippen LogP contribution in [0.3, 0.4) is 0 Å². The van der Waals surface area contributed by atoms with E-state index in [1.807, 2.05) is 0 Å². The van der Waals surface area contributed by atoms with Crippen LogP contribution >= 0.6 is 0 Å². The number of aliphatic hydroxyl groups excluding tert-OH is 1. The first-order valence-corrected chi connectivity index (χ1v) is 6.42. The molecule has 1 saturated carbocycles. The maximum absolute atomic E-state index is 10.9. The van der Waals surface area contributed by atoms with Crippen LogP contribution in [0.15, 0.2) is 0 Å². The number of aliphatic hydroxyl groups is 1. The fraction of sp³-hybridized carbons (Fsp3) is 0.923. The number of amides is 1. The van der Waals surface area contributed by atoms with Gasteiger partial charge in [-0.25, -0.2) is 0 Å². The third-order valence-corrected chi connectivity index (χ3v) is 4.26. The Balaban J connectivity index is 2.06. The zero-order chi connectivity index (χ0) is 12.8. The van der Waals surface area contributed by atoms with E-state index in [-0.39, 0.29) is 0 Å². The summed E-state index contributed by atoms with van der Waals surface area (Å²) in [5, 5.41) is 9.60. The Hall–Kier alpha value is -0.610. The van der Waals surface area contributed by atoms with Gasteiger partial charge in [0, 0.05) is 19.1 Å².